The molecule has 3 nitrogen and oxygen atoms in total. The summed E-state index contributed by atoms with van der Waals surface area (Å²) in [4.78, 5) is 5.32. The first-order valence-corrected chi connectivity index (χ1v) is 24.8. The Kier molecular flexibility index (Phi) is 9.24. The number of nitrogens with zero attached hydrogens (tertiary/aromatic N) is 3. The summed E-state index contributed by atoms with van der Waals surface area (Å²) >= 11 is 1.95. The highest BCUT2D eigenvalue weighted by Gasteiger charge is 2.42. The maximum absolute atomic E-state index is 2.66. The molecule has 13 rings (SSSR count). The SMILES string of the molecule is CCCCc1cc(-c2ccccc2)ccc1N1c2cc(-n3c4ccccc4c4ccccc43)ccc2B2c3ccc(-n4c5ccccc5c5ccccc54)cc3Sc3cc(C(C)(C)C)cc1c32. The minimum Gasteiger partial charge on any atom is -0.311 e. The fraction of sp³-hybridized carbons (Fsp3) is 0.129. The molecule has 0 bridgehead atoms. The lowest BCUT2D eigenvalue weighted by molar-refractivity contribution is 0.589. The van der Waals surface area contributed by atoms with Gasteiger partial charge in [0.2, 0.25) is 6.71 Å². The highest BCUT2D eigenvalue weighted by Crippen LogP contribution is 2.47. The van der Waals surface area contributed by atoms with E-state index in [1.165, 1.54) is 120 Å². The van der Waals surface area contributed by atoms with Crippen LogP contribution in [0.4, 0.5) is 17.1 Å². The van der Waals surface area contributed by atoms with Crippen LogP contribution in [-0.4, -0.2) is 15.8 Å². The predicted molar refractivity (Wildman–Crippen MR) is 288 cm³/mol. The normalized spacial score (nSPS) is 13.1. The lowest BCUT2D eigenvalue weighted by Gasteiger charge is -2.42. The molecule has 9 aromatic carbocycles. The second-order valence-corrected chi connectivity index (χ2v) is 20.6. The lowest BCUT2D eigenvalue weighted by atomic mass is 9.34. The number of para-hydroxylation sites is 4. The van der Waals surface area contributed by atoms with E-state index in [0.717, 1.165) is 19.3 Å². The van der Waals surface area contributed by atoms with Crippen molar-refractivity contribution >= 4 is 95.5 Å². The van der Waals surface area contributed by atoms with Crippen molar-refractivity contribution in [3.8, 4) is 22.5 Å². The van der Waals surface area contributed by atoms with Crippen LogP contribution in [0, 0.1) is 0 Å². The van der Waals surface area contributed by atoms with E-state index in [9.17, 15) is 0 Å². The molecule has 11 aromatic rings. The number of benzene rings is 9. The molecule has 0 saturated heterocycles. The van der Waals surface area contributed by atoms with Gasteiger partial charge < -0.3 is 14.0 Å². The van der Waals surface area contributed by atoms with Gasteiger partial charge >= 0.3 is 0 Å². The van der Waals surface area contributed by atoms with E-state index in [0.29, 0.717) is 0 Å². The molecule has 5 heteroatoms. The van der Waals surface area contributed by atoms with Crippen molar-refractivity contribution in [2.45, 2.75) is 62.2 Å². The maximum Gasteiger partial charge on any atom is 0.249 e. The Morgan fingerprint density at radius 1 is 0.463 bits per heavy atom. The van der Waals surface area contributed by atoms with Gasteiger partial charge in [-0.05, 0) is 124 Å². The van der Waals surface area contributed by atoms with Gasteiger partial charge in [0, 0.05) is 59.8 Å². The van der Waals surface area contributed by atoms with Crippen LogP contribution in [0.1, 0.15) is 51.7 Å². The van der Waals surface area contributed by atoms with Gasteiger partial charge in [-0.1, -0.05) is 173 Å². The molecular formula is C62H50BN3S. The number of rotatable bonds is 7. The molecule has 0 unspecified atom stereocenters. The van der Waals surface area contributed by atoms with Crippen molar-refractivity contribution < 1.29 is 0 Å². The van der Waals surface area contributed by atoms with Crippen LogP contribution in [0.5, 0.6) is 0 Å². The van der Waals surface area contributed by atoms with Crippen molar-refractivity contribution in [3.05, 3.63) is 205 Å². The first kappa shape index (κ1) is 40.1. The standard InChI is InChI=1S/C62H50BN3S/c1-5-6-18-42-35-41(40-19-8-7-9-20-40)29-34-52(42)66-57-38-44(64-53-25-14-10-21-46(53)47-22-11-15-26-54(47)64)30-32-50(57)63-51-33-31-45(65-55-27-16-12-23-48(55)49-24-13-17-28-56(49)65)39-59(51)67-60-37-43(62(2,3)4)36-58(66)61(60)63/h7-17,19-39H,5-6,18H2,1-4H3. The molecule has 0 aliphatic carbocycles. The zero-order chi connectivity index (χ0) is 45.0. The predicted octanol–water partition coefficient (Wildman–Crippen LogP) is 15.0. The molecule has 4 heterocycles. The second kappa shape index (κ2) is 15.4. The zero-order valence-electron chi connectivity index (χ0n) is 38.4. The molecule has 0 saturated carbocycles. The molecule has 0 spiro atoms. The lowest BCUT2D eigenvalue weighted by Crippen LogP contribution is -2.60. The number of aryl methyl sites for hydroxylation is 1. The van der Waals surface area contributed by atoms with E-state index in [2.05, 4.69) is 236 Å². The molecule has 0 atom stereocenters. The Morgan fingerprint density at radius 2 is 1.01 bits per heavy atom. The largest absolute Gasteiger partial charge is 0.311 e. The van der Waals surface area contributed by atoms with E-state index >= 15 is 0 Å². The van der Waals surface area contributed by atoms with E-state index in [1.54, 1.807) is 0 Å². The number of hydrogen-bond acceptors (Lipinski definition) is 2. The molecule has 322 valence electrons. The van der Waals surface area contributed by atoms with Crippen LogP contribution in [-0.2, 0) is 11.8 Å². The third-order valence-electron chi connectivity index (χ3n) is 14.5. The van der Waals surface area contributed by atoms with Crippen LogP contribution in [0.25, 0.3) is 66.1 Å². The summed E-state index contributed by atoms with van der Waals surface area (Å²) in [5, 5.41) is 5.11. The third-order valence-corrected chi connectivity index (χ3v) is 15.6. The minimum absolute atomic E-state index is 0.0450. The van der Waals surface area contributed by atoms with Crippen molar-refractivity contribution in [2.24, 2.45) is 0 Å². The summed E-state index contributed by atoms with van der Waals surface area (Å²) in [6.45, 7) is 9.45. The number of aromatic nitrogens is 2. The third kappa shape index (κ3) is 6.28. The zero-order valence-corrected chi connectivity index (χ0v) is 39.2. The number of fused-ring (bicyclic) bond motifs is 10. The van der Waals surface area contributed by atoms with Crippen molar-refractivity contribution in [3.63, 3.8) is 0 Å². The van der Waals surface area contributed by atoms with Crippen LogP contribution in [0.3, 0.4) is 0 Å². The van der Waals surface area contributed by atoms with Gasteiger partial charge in [0.25, 0.3) is 0 Å². The summed E-state index contributed by atoms with van der Waals surface area (Å²) in [6.07, 6.45) is 3.25. The quantitative estimate of drug-likeness (QED) is 0.148. The molecule has 67 heavy (non-hydrogen) atoms. The van der Waals surface area contributed by atoms with Crippen LogP contribution in [0.15, 0.2) is 204 Å². The van der Waals surface area contributed by atoms with Crippen LogP contribution < -0.4 is 21.3 Å². The molecule has 0 N–H and O–H groups in total. The van der Waals surface area contributed by atoms with Gasteiger partial charge in [0.05, 0.1) is 22.1 Å². The van der Waals surface area contributed by atoms with Crippen molar-refractivity contribution in [1.82, 2.24) is 9.13 Å². The number of hydrogen-bond donors (Lipinski definition) is 0. The van der Waals surface area contributed by atoms with E-state index in [1.807, 2.05) is 11.8 Å². The summed E-state index contributed by atoms with van der Waals surface area (Å²) in [7, 11) is 0. The molecular weight excluding hydrogens is 830 g/mol. The Hall–Kier alpha value is -7.21. The highest BCUT2D eigenvalue weighted by molar-refractivity contribution is 8.00. The van der Waals surface area contributed by atoms with Crippen molar-refractivity contribution in [2.75, 3.05) is 4.90 Å². The average Bonchev–Trinajstić information content (AvgIpc) is 3.88. The van der Waals surface area contributed by atoms with E-state index in [4.69, 9.17) is 0 Å². The Morgan fingerprint density at radius 3 is 1.60 bits per heavy atom. The Labute approximate surface area is 397 Å². The molecule has 2 aliphatic rings. The average molecular weight is 880 g/mol. The van der Waals surface area contributed by atoms with Gasteiger partial charge in [-0.15, -0.1) is 0 Å². The molecule has 0 amide bonds. The molecule has 2 aliphatic heterocycles. The first-order chi connectivity index (χ1) is 32.8. The first-order valence-electron chi connectivity index (χ1n) is 23.9. The minimum atomic E-state index is -0.0777. The number of anilines is 3. The monoisotopic (exact) mass is 879 g/mol. The van der Waals surface area contributed by atoms with Gasteiger partial charge in [0.1, 0.15) is 0 Å². The molecule has 0 radical (unpaired) electrons. The fourth-order valence-corrected chi connectivity index (χ4v) is 12.5. The summed E-state index contributed by atoms with van der Waals surface area (Å²) < 4.78 is 4.94. The smallest absolute Gasteiger partial charge is 0.249 e. The highest BCUT2D eigenvalue weighted by atomic mass is 32.2. The molecule has 0 fully saturated rings. The van der Waals surface area contributed by atoms with E-state index in [-0.39, 0.29) is 12.1 Å². The van der Waals surface area contributed by atoms with Gasteiger partial charge in [-0.25, -0.2) is 0 Å². The van der Waals surface area contributed by atoms with Crippen LogP contribution in [0.2, 0.25) is 0 Å². The molecule has 2 aromatic heterocycles. The van der Waals surface area contributed by atoms with Crippen molar-refractivity contribution in [1.29, 1.82) is 0 Å². The summed E-state index contributed by atoms with van der Waals surface area (Å²) in [5.41, 5.74) is 20.3. The van der Waals surface area contributed by atoms with Crippen LogP contribution >= 0.6 is 11.8 Å². The van der Waals surface area contributed by atoms with Gasteiger partial charge in [-0.3, -0.25) is 0 Å². The van der Waals surface area contributed by atoms with Gasteiger partial charge in [-0.2, -0.15) is 0 Å². The summed E-state index contributed by atoms with van der Waals surface area (Å²) in [5.74, 6) is 0. The Balaban J connectivity index is 1.09. The fourth-order valence-electron chi connectivity index (χ4n) is 11.3. The summed E-state index contributed by atoms with van der Waals surface area (Å²) in [6, 6.07) is 73.3. The maximum atomic E-state index is 2.66. The van der Waals surface area contributed by atoms with Gasteiger partial charge in [0.15, 0.2) is 0 Å². The van der Waals surface area contributed by atoms with E-state index < -0.39 is 0 Å². The second-order valence-electron chi connectivity index (χ2n) is 19.5. The Bertz CT molecular complexity index is 3670. The topological polar surface area (TPSA) is 13.1 Å². The number of unbranched alkanes of at least 4 members (excludes halogenated alkanes) is 1.